The molecule has 0 spiro atoms. The van der Waals surface area contributed by atoms with Gasteiger partial charge in [-0.3, -0.25) is 10.2 Å². The van der Waals surface area contributed by atoms with E-state index in [2.05, 4.69) is 47.1 Å². The second kappa shape index (κ2) is 9.05. The maximum absolute atomic E-state index is 13.4. The lowest BCUT2D eigenvalue weighted by Gasteiger charge is -2.22. The number of carbonyl (C=O) groups excluding carboxylic acids is 1. The quantitative estimate of drug-likeness (QED) is 0.145. The van der Waals surface area contributed by atoms with Crippen LogP contribution in [-0.4, -0.2) is 23.1 Å². The molecular formula is C27H32N6O3. The second-order valence-corrected chi connectivity index (χ2v) is 10.6. The molecule has 1 amide bonds. The number of aromatic nitrogens is 1. The summed E-state index contributed by atoms with van der Waals surface area (Å²) in [5, 5.41) is 19.0. The van der Waals surface area contributed by atoms with E-state index in [1.54, 1.807) is 0 Å². The van der Waals surface area contributed by atoms with Gasteiger partial charge < -0.3 is 25.2 Å². The predicted octanol–water partition coefficient (Wildman–Crippen LogP) is 5.17. The van der Waals surface area contributed by atoms with Crippen LogP contribution in [0, 0.1) is 5.41 Å². The van der Waals surface area contributed by atoms with E-state index in [9.17, 15) is 4.79 Å². The molecule has 1 aliphatic carbocycles. The number of nitrogens with zero attached hydrogens (tertiary/aromatic N) is 3. The number of amides is 1. The van der Waals surface area contributed by atoms with Crippen LogP contribution in [0.15, 0.2) is 52.8 Å². The zero-order valence-corrected chi connectivity index (χ0v) is 20.9. The number of nitrogens with one attached hydrogen (secondary N) is 2. The summed E-state index contributed by atoms with van der Waals surface area (Å²) in [6.45, 7) is 7.85. The molecule has 2 aliphatic rings. The van der Waals surface area contributed by atoms with Crippen molar-refractivity contribution < 1.29 is 14.3 Å². The van der Waals surface area contributed by atoms with Crippen molar-refractivity contribution in [1.29, 1.82) is 5.41 Å². The molecule has 9 nitrogen and oxygen atoms in total. The third-order valence-electron chi connectivity index (χ3n) is 7.04. The Morgan fingerprint density at radius 3 is 2.72 bits per heavy atom. The molecule has 36 heavy (non-hydrogen) atoms. The smallest absolute Gasteiger partial charge is 0.235 e. The third kappa shape index (κ3) is 4.46. The molecule has 1 aromatic heterocycles. The topological polar surface area (TPSA) is 127 Å². The van der Waals surface area contributed by atoms with Gasteiger partial charge in [0.2, 0.25) is 5.91 Å². The van der Waals surface area contributed by atoms with Crippen LogP contribution in [0.1, 0.15) is 56.9 Å². The molecule has 2 aromatic carbocycles. The third-order valence-corrected chi connectivity index (χ3v) is 7.04. The molecule has 9 heteroatoms. The maximum atomic E-state index is 13.4. The lowest BCUT2D eigenvalue weighted by Crippen LogP contribution is -2.28. The van der Waals surface area contributed by atoms with E-state index in [4.69, 9.17) is 20.7 Å². The van der Waals surface area contributed by atoms with Gasteiger partial charge in [0, 0.05) is 46.2 Å². The fourth-order valence-electron chi connectivity index (χ4n) is 4.93. The highest BCUT2D eigenvalue weighted by molar-refractivity contribution is 6.02. The van der Waals surface area contributed by atoms with E-state index in [0.717, 1.165) is 52.0 Å². The zero-order valence-electron chi connectivity index (χ0n) is 20.9. The fraction of sp³-hybridized carbons (Fsp3) is 0.407. The van der Waals surface area contributed by atoms with Gasteiger partial charge in [-0.2, -0.15) is 0 Å². The van der Waals surface area contributed by atoms with Gasteiger partial charge in [-0.15, -0.1) is 5.11 Å². The maximum Gasteiger partial charge on any atom is 0.235 e. The molecule has 1 fully saturated rings. The van der Waals surface area contributed by atoms with Crippen molar-refractivity contribution in [3.8, 4) is 5.75 Å². The molecule has 4 N–H and O–H groups in total. The van der Waals surface area contributed by atoms with Crippen LogP contribution in [-0.2, 0) is 33.5 Å². The standard InChI is InChI=1S/C27H32N6O3/c1-26(2,3)23-13-18-12-20(6-7-21(18)33(23)11-8-24(28)31-32-29)30-25(34)27(9-10-27)19-5-4-17-15-35-16-36-22(17)14-19/h4-7,12-14H,8-11,15-16H2,1-3H3,(H,30,34)(H3,28,29,31). The number of aryl methyl sites for hydroxylation is 1. The Morgan fingerprint density at radius 1 is 1.19 bits per heavy atom. The summed E-state index contributed by atoms with van der Waals surface area (Å²) in [6, 6.07) is 14.2. The van der Waals surface area contributed by atoms with Gasteiger partial charge in [0.05, 0.1) is 12.0 Å². The van der Waals surface area contributed by atoms with E-state index in [0.29, 0.717) is 19.6 Å². The number of amidine groups is 1. The lowest BCUT2D eigenvalue weighted by atomic mass is 9.92. The predicted molar refractivity (Wildman–Crippen MR) is 138 cm³/mol. The Kier molecular flexibility index (Phi) is 6.04. The van der Waals surface area contributed by atoms with Crippen molar-refractivity contribution in [2.24, 2.45) is 16.2 Å². The van der Waals surface area contributed by atoms with Crippen molar-refractivity contribution in [3.63, 3.8) is 0 Å². The molecular weight excluding hydrogens is 456 g/mol. The van der Waals surface area contributed by atoms with Gasteiger partial charge in [0.15, 0.2) is 6.79 Å². The Bertz CT molecular complexity index is 1360. The van der Waals surface area contributed by atoms with Crippen molar-refractivity contribution >= 4 is 28.3 Å². The first-order valence-electron chi connectivity index (χ1n) is 12.2. The number of rotatable bonds is 6. The lowest BCUT2D eigenvalue weighted by molar-refractivity contribution is -0.118. The van der Waals surface area contributed by atoms with Crippen LogP contribution in [0.25, 0.3) is 10.9 Å². The number of nitrogens with two attached hydrogens (primary N) is 1. The molecule has 0 radical (unpaired) electrons. The van der Waals surface area contributed by atoms with Gasteiger partial charge >= 0.3 is 0 Å². The number of ether oxygens (including phenoxy) is 2. The molecule has 188 valence electrons. The highest BCUT2D eigenvalue weighted by Crippen LogP contribution is 2.50. The van der Waals surface area contributed by atoms with Crippen LogP contribution in [0.2, 0.25) is 0 Å². The number of carbonyl (C=O) groups is 1. The SMILES string of the molecule is CC(C)(C)c1cc2cc(NC(=O)C3(c4ccc5c(c4)OCOC5)CC3)ccc2n1CCC(=N)N=NN. The Labute approximate surface area is 210 Å². The minimum Gasteiger partial charge on any atom is -0.467 e. The number of hydrogen-bond donors (Lipinski definition) is 3. The summed E-state index contributed by atoms with van der Waals surface area (Å²) in [5.74, 6) is 6.04. The Balaban J connectivity index is 1.40. The number of hydrogen-bond acceptors (Lipinski definition) is 5. The molecule has 1 saturated carbocycles. The average Bonchev–Trinajstić information content (AvgIpc) is 3.58. The summed E-state index contributed by atoms with van der Waals surface area (Å²) in [6.07, 6.45) is 2.05. The van der Waals surface area contributed by atoms with Gasteiger partial charge in [-0.05, 0) is 48.7 Å². The zero-order chi connectivity index (χ0) is 25.5. The second-order valence-electron chi connectivity index (χ2n) is 10.6. The molecule has 5 rings (SSSR count). The number of benzene rings is 2. The van der Waals surface area contributed by atoms with Crippen molar-refractivity contribution in [2.75, 3.05) is 12.1 Å². The first kappa shape index (κ1) is 24.0. The number of fused-ring (bicyclic) bond motifs is 2. The van der Waals surface area contributed by atoms with Crippen molar-refractivity contribution in [2.45, 2.75) is 64.0 Å². The highest BCUT2D eigenvalue weighted by Gasteiger charge is 2.51. The molecule has 1 aliphatic heterocycles. The van der Waals surface area contributed by atoms with Gasteiger partial charge in [0.1, 0.15) is 11.6 Å². The van der Waals surface area contributed by atoms with Crippen LogP contribution in [0.4, 0.5) is 5.69 Å². The molecule has 3 aromatic rings. The molecule has 0 unspecified atom stereocenters. The fourth-order valence-corrected chi connectivity index (χ4v) is 4.93. The van der Waals surface area contributed by atoms with Gasteiger partial charge in [0.25, 0.3) is 0 Å². The summed E-state index contributed by atoms with van der Waals surface area (Å²) < 4.78 is 13.2. The largest absolute Gasteiger partial charge is 0.467 e. The summed E-state index contributed by atoms with van der Waals surface area (Å²) in [5.41, 5.74) is 4.33. The molecule has 0 bridgehead atoms. The first-order chi connectivity index (χ1) is 17.2. The molecule has 0 saturated heterocycles. The van der Waals surface area contributed by atoms with E-state index in [1.807, 2.05) is 36.4 Å². The summed E-state index contributed by atoms with van der Waals surface area (Å²) >= 11 is 0. The van der Waals surface area contributed by atoms with Gasteiger partial charge in [-0.1, -0.05) is 38.1 Å². The summed E-state index contributed by atoms with van der Waals surface area (Å²) in [4.78, 5) is 13.4. The first-order valence-corrected chi connectivity index (χ1v) is 12.2. The van der Waals surface area contributed by atoms with E-state index in [1.165, 1.54) is 0 Å². The van der Waals surface area contributed by atoms with E-state index < -0.39 is 5.41 Å². The van der Waals surface area contributed by atoms with Crippen LogP contribution in [0.5, 0.6) is 5.75 Å². The summed E-state index contributed by atoms with van der Waals surface area (Å²) in [7, 11) is 0. The molecule has 0 atom stereocenters. The molecule has 2 heterocycles. The van der Waals surface area contributed by atoms with E-state index in [-0.39, 0.29) is 24.0 Å². The Hall–Kier alpha value is -3.72. The van der Waals surface area contributed by atoms with E-state index >= 15 is 0 Å². The Morgan fingerprint density at radius 2 is 2.00 bits per heavy atom. The average molecular weight is 489 g/mol. The van der Waals surface area contributed by atoms with Crippen LogP contribution in [0.3, 0.4) is 0 Å². The minimum absolute atomic E-state index is 0.00457. The van der Waals surface area contributed by atoms with Gasteiger partial charge in [-0.25, -0.2) is 0 Å². The van der Waals surface area contributed by atoms with Crippen LogP contribution < -0.4 is 15.9 Å². The van der Waals surface area contributed by atoms with Crippen molar-refractivity contribution in [3.05, 3.63) is 59.3 Å². The normalized spacial score (nSPS) is 16.5. The van der Waals surface area contributed by atoms with Crippen LogP contribution >= 0.6 is 0 Å². The highest BCUT2D eigenvalue weighted by atomic mass is 16.7. The van der Waals surface area contributed by atoms with Crippen molar-refractivity contribution in [1.82, 2.24) is 4.57 Å². The number of anilines is 1. The minimum atomic E-state index is -0.522. The monoisotopic (exact) mass is 488 g/mol.